The van der Waals surface area contributed by atoms with E-state index in [1.807, 2.05) is 0 Å². The van der Waals surface area contributed by atoms with Crippen LogP contribution < -0.4 is 10.5 Å². The molecule has 1 aromatic heterocycles. The van der Waals surface area contributed by atoms with Gasteiger partial charge in [-0.15, -0.1) is 0 Å². The first kappa shape index (κ1) is 18.9. The number of anilines is 1. The molecular formula is C20H27N5O3. The average molecular weight is 385 g/mol. The molecule has 8 nitrogen and oxygen atoms in total. The number of H-pyrrole nitrogens is 1. The fraction of sp³-hybridized carbons (Fsp3) is 0.600. The topological polar surface area (TPSA) is 95.4 Å². The Kier molecular flexibility index (Phi) is 5.30. The SMILES string of the molecule is CC1CCN(CC2CCCN(c3cc4nc[nH]c(=O)c4cc3[N+](=O)[O-])C2)CC1. The summed E-state index contributed by atoms with van der Waals surface area (Å²) in [6.45, 7) is 7.28. The molecule has 0 spiro atoms. The summed E-state index contributed by atoms with van der Waals surface area (Å²) in [6.07, 6.45) is 6.03. The highest BCUT2D eigenvalue weighted by atomic mass is 16.6. The van der Waals surface area contributed by atoms with Crippen LogP contribution in [0.1, 0.15) is 32.6 Å². The van der Waals surface area contributed by atoms with E-state index < -0.39 is 4.92 Å². The van der Waals surface area contributed by atoms with E-state index in [1.165, 1.54) is 25.2 Å². The van der Waals surface area contributed by atoms with Crippen LogP contribution in [-0.2, 0) is 0 Å². The number of nitro groups is 1. The summed E-state index contributed by atoms with van der Waals surface area (Å²) in [5.74, 6) is 1.32. The molecule has 0 aliphatic carbocycles. The summed E-state index contributed by atoms with van der Waals surface area (Å²) in [4.78, 5) is 34.6. The number of fused-ring (bicyclic) bond motifs is 1. The molecule has 0 radical (unpaired) electrons. The Morgan fingerprint density at radius 3 is 2.79 bits per heavy atom. The first-order valence-corrected chi connectivity index (χ1v) is 10.1. The summed E-state index contributed by atoms with van der Waals surface area (Å²) >= 11 is 0. The van der Waals surface area contributed by atoms with Crippen LogP contribution in [-0.4, -0.2) is 52.5 Å². The van der Waals surface area contributed by atoms with Gasteiger partial charge in [0.2, 0.25) is 0 Å². The minimum Gasteiger partial charge on any atom is -0.366 e. The number of nitrogens with zero attached hydrogens (tertiary/aromatic N) is 4. The molecule has 2 aliphatic heterocycles. The van der Waals surface area contributed by atoms with E-state index >= 15 is 0 Å². The predicted molar refractivity (Wildman–Crippen MR) is 109 cm³/mol. The molecule has 1 N–H and O–H groups in total. The van der Waals surface area contributed by atoms with Crippen LogP contribution in [0.3, 0.4) is 0 Å². The zero-order chi connectivity index (χ0) is 19.7. The van der Waals surface area contributed by atoms with Gasteiger partial charge in [0.1, 0.15) is 5.69 Å². The Hall–Kier alpha value is -2.48. The van der Waals surface area contributed by atoms with Crippen LogP contribution in [0.25, 0.3) is 10.9 Å². The molecule has 0 bridgehead atoms. The van der Waals surface area contributed by atoms with Crippen molar-refractivity contribution in [2.24, 2.45) is 11.8 Å². The van der Waals surface area contributed by atoms with E-state index in [4.69, 9.17) is 0 Å². The molecule has 1 aromatic carbocycles. The van der Waals surface area contributed by atoms with E-state index in [-0.39, 0.29) is 16.6 Å². The molecule has 0 amide bonds. The number of rotatable bonds is 4. The van der Waals surface area contributed by atoms with Crippen LogP contribution in [0.15, 0.2) is 23.3 Å². The number of nitro benzene ring substituents is 1. The van der Waals surface area contributed by atoms with E-state index in [0.717, 1.165) is 51.5 Å². The lowest BCUT2D eigenvalue weighted by atomic mass is 9.94. The maximum absolute atomic E-state index is 12.0. The van der Waals surface area contributed by atoms with Crippen molar-refractivity contribution < 1.29 is 4.92 Å². The zero-order valence-corrected chi connectivity index (χ0v) is 16.3. The Morgan fingerprint density at radius 2 is 2.04 bits per heavy atom. The first-order valence-electron chi connectivity index (χ1n) is 10.1. The minimum atomic E-state index is -0.392. The quantitative estimate of drug-likeness (QED) is 0.642. The fourth-order valence-electron chi connectivity index (χ4n) is 4.53. The number of hydrogen-bond donors (Lipinski definition) is 1. The molecule has 1 unspecified atom stereocenters. The van der Waals surface area contributed by atoms with Gasteiger partial charge in [-0.1, -0.05) is 6.92 Å². The lowest BCUT2D eigenvalue weighted by Gasteiger charge is -2.38. The molecule has 2 aliphatic rings. The largest absolute Gasteiger partial charge is 0.366 e. The fourth-order valence-corrected chi connectivity index (χ4v) is 4.53. The van der Waals surface area contributed by atoms with Crippen LogP contribution in [0, 0.1) is 22.0 Å². The number of benzene rings is 1. The van der Waals surface area contributed by atoms with Gasteiger partial charge >= 0.3 is 0 Å². The van der Waals surface area contributed by atoms with E-state index in [0.29, 0.717) is 17.1 Å². The van der Waals surface area contributed by atoms with Crippen molar-refractivity contribution in [3.63, 3.8) is 0 Å². The summed E-state index contributed by atoms with van der Waals surface area (Å²) in [6, 6.07) is 3.07. The van der Waals surface area contributed by atoms with Crippen molar-refractivity contribution >= 4 is 22.3 Å². The Labute approximate surface area is 163 Å². The molecule has 2 fully saturated rings. The molecule has 150 valence electrons. The molecular weight excluding hydrogens is 358 g/mol. The smallest absolute Gasteiger partial charge is 0.293 e. The van der Waals surface area contributed by atoms with E-state index in [1.54, 1.807) is 6.07 Å². The van der Waals surface area contributed by atoms with E-state index in [9.17, 15) is 14.9 Å². The summed E-state index contributed by atoms with van der Waals surface area (Å²) in [5, 5.41) is 11.9. The van der Waals surface area contributed by atoms with Crippen molar-refractivity contribution in [3.05, 3.63) is 38.9 Å². The van der Waals surface area contributed by atoms with Gasteiger partial charge in [-0.3, -0.25) is 14.9 Å². The number of aromatic amines is 1. The van der Waals surface area contributed by atoms with Crippen LogP contribution in [0.5, 0.6) is 0 Å². The predicted octanol–water partition coefficient (Wildman–Crippen LogP) is 2.78. The third-order valence-electron chi connectivity index (χ3n) is 6.19. The monoisotopic (exact) mass is 385 g/mol. The number of hydrogen-bond acceptors (Lipinski definition) is 6. The zero-order valence-electron chi connectivity index (χ0n) is 16.3. The molecule has 4 rings (SSSR count). The Balaban J connectivity index is 1.57. The number of likely N-dealkylation sites (tertiary alicyclic amines) is 1. The van der Waals surface area contributed by atoms with Crippen molar-refractivity contribution in [1.82, 2.24) is 14.9 Å². The molecule has 0 saturated carbocycles. The molecule has 28 heavy (non-hydrogen) atoms. The minimum absolute atomic E-state index is 0.0153. The van der Waals surface area contributed by atoms with Gasteiger partial charge < -0.3 is 14.8 Å². The van der Waals surface area contributed by atoms with Gasteiger partial charge in [-0.25, -0.2) is 4.98 Å². The lowest BCUT2D eigenvalue weighted by molar-refractivity contribution is -0.384. The highest BCUT2D eigenvalue weighted by Crippen LogP contribution is 2.34. The normalized spacial score (nSPS) is 21.9. The summed E-state index contributed by atoms with van der Waals surface area (Å²) in [7, 11) is 0. The Morgan fingerprint density at radius 1 is 1.25 bits per heavy atom. The van der Waals surface area contributed by atoms with Gasteiger partial charge in [0.15, 0.2) is 0 Å². The summed E-state index contributed by atoms with van der Waals surface area (Å²) in [5.41, 5.74) is 0.706. The van der Waals surface area contributed by atoms with Crippen LogP contribution in [0.4, 0.5) is 11.4 Å². The third-order valence-corrected chi connectivity index (χ3v) is 6.19. The van der Waals surface area contributed by atoms with Crippen LogP contribution >= 0.6 is 0 Å². The number of aromatic nitrogens is 2. The van der Waals surface area contributed by atoms with Gasteiger partial charge in [0.25, 0.3) is 11.2 Å². The van der Waals surface area contributed by atoms with Gasteiger partial charge in [0.05, 0.1) is 22.2 Å². The number of nitrogens with one attached hydrogen (secondary N) is 1. The first-order chi connectivity index (χ1) is 13.5. The van der Waals surface area contributed by atoms with Crippen molar-refractivity contribution in [1.29, 1.82) is 0 Å². The average Bonchev–Trinajstić information content (AvgIpc) is 2.69. The molecule has 2 saturated heterocycles. The highest BCUT2D eigenvalue weighted by Gasteiger charge is 2.28. The van der Waals surface area contributed by atoms with Gasteiger partial charge in [-0.2, -0.15) is 0 Å². The lowest BCUT2D eigenvalue weighted by Crippen LogP contribution is -2.43. The molecule has 1 atom stereocenters. The van der Waals surface area contributed by atoms with Crippen molar-refractivity contribution in [3.8, 4) is 0 Å². The molecule has 2 aromatic rings. The van der Waals surface area contributed by atoms with Crippen molar-refractivity contribution in [2.75, 3.05) is 37.6 Å². The standard InChI is InChI=1S/C20H27N5O3/c1-14-4-7-23(8-5-14)11-15-3-2-6-24(12-15)18-10-17-16(9-19(18)25(27)28)20(26)22-13-21-17/h9-10,13-15H,2-8,11-12H2,1H3,(H,21,22,26). The highest BCUT2D eigenvalue weighted by molar-refractivity contribution is 5.87. The van der Waals surface area contributed by atoms with E-state index in [2.05, 4.69) is 26.7 Å². The second-order valence-electron chi connectivity index (χ2n) is 8.28. The maximum Gasteiger partial charge on any atom is 0.293 e. The second-order valence-corrected chi connectivity index (χ2v) is 8.28. The second kappa shape index (κ2) is 7.87. The van der Waals surface area contributed by atoms with Crippen LogP contribution in [0.2, 0.25) is 0 Å². The number of piperidine rings is 2. The van der Waals surface area contributed by atoms with Gasteiger partial charge in [0, 0.05) is 25.7 Å². The molecule has 8 heteroatoms. The third kappa shape index (κ3) is 3.87. The molecule has 3 heterocycles. The summed E-state index contributed by atoms with van der Waals surface area (Å²) < 4.78 is 0. The van der Waals surface area contributed by atoms with Gasteiger partial charge in [-0.05, 0) is 56.7 Å². The maximum atomic E-state index is 12.0. The Bertz CT molecular complexity index is 920. The van der Waals surface area contributed by atoms with Crippen molar-refractivity contribution in [2.45, 2.75) is 32.6 Å².